The second-order valence-electron chi connectivity index (χ2n) is 4.21. The molecule has 0 aliphatic rings. The van der Waals surface area contributed by atoms with Gasteiger partial charge in [0.25, 0.3) is 0 Å². The van der Waals surface area contributed by atoms with Crippen LogP contribution < -0.4 is 34.0 Å². The van der Waals surface area contributed by atoms with Gasteiger partial charge in [-0.15, -0.1) is 34.5 Å². The minimum absolute atomic E-state index is 0. The maximum atomic E-state index is 2.26. The molecule has 0 N–H and O–H groups in total. The van der Waals surface area contributed by atoms with Crippen LogP contribution in [0.15, 0.2) is 60.7 Å². The molecule has 0 aliphatic heterocycles. The molecular formula is C16H13Br2Hf-3. The summed E-state index contributed by atoms with van der Waals surface area (Å²) >= 11 is 0. The molecule has 0 fully saturated rings. The fourth-order valence-corrected chi connectivity index (χ4v) is 2.25. The van der Waals surface area contributed by atoms with Crippen LogP contribution in [0.3, 0.4) is 0 Å². The Morgan fingerprint density at radius 1 is 0.842 bits per heavy atom. The molecule has 0 aromatic heterocycles. The zero-order valence-corrected chi connectivity index (χ0v) is 17.3. The molecule has 3 rings (SSSR count). The van der Waals surface area contributed by atoms with Gasteiger partial charge in [-0.1, -0.05) is 48.9 Å². The topological polar surface area (TPSA) is 0 Å². The number of hydrogen-bond donors (Lipinski definition) is 0. The third-order valence-corrected chi connectivity index (χ3v) is 2.98. The van der Waals surface area contributed by atoms with Crippen LogP contribution >= 0.6 is 0 Å². The molecule has 0 nitrogen and oxygen atoms in total. The molecule has 19 heavy (non-hydrogen) atoms. The largest absolute Gasteiger partial charge is 1.00 e. The third kappa shape index (κ3) is 3.93. The van der Waals surface area contributed by atoms with E-state index in [0.29, 0.717) is 0 Å². The fraction of sp³-hybridized carbons (Fsp3) is 0.0625. The van der Waals surface area contributed by atoms with E-state index in [1.165, 1.54) is 27.5 Å². The molecule has 0 spiro atoms. The van der Waals surface area contributed by atoms with Crippen LogP contribution in [0, 0.1) is 6.92 Å². The summed E-state index contributed by atoms with van der Waals surface area (Å²) in [5, 5.41) is 2.69. The standard InChI is InChI=1S/C16H13.2BrH.Hf/c1-12-10-14-8-5-9-15(16(14)11-12)13-6-3-2-4-7-13;;;/h2-11H,1H3;2*1H;/q-1;;;/p-2. The summed E-state index contributed by atoms with van der Waals surface area (Å²) in [5.41, 5.74) is 3.95. The number of aryl methyl sites for hydroxylation is 1. The molecule has 3 heteroatoms. The van der Waals surface area contributed by atoms with Gasteiger partial charge in [0.15, 0.2) is 0 Å². The maximum absolute atomic E-state index is 2.26. The third-order valence-electron chi connectivity index (χ3n) is 2.98. The SMILES string of the molecule is Cc1cc2c(-c3ccccc3)cccc2[cH-]1.[Br-].[Br-].[Hf]. The van der Waals surface area contributed by atoms with Crippen molar-refractivity contribution in [3.63, 3.8) is 0 Å². The Hall–Kier alpha value is -0.120. The van der Waals surface area contributed by atoms with Gasteiger partial charge in [0.1, 0.15) is 0 Å². The predicted molar refractivity (Wildman–Crippen MR) is 69.7 cm³/mol. The smallest absolute Gasteiger partial charge is 0 e. The number of benzene rings is 2. The van der Waals surface area contributed by atoms with Crippen LogP contribution in [0.5, 0.6) is 0 Å². The summed E-state index contributed by atoms with van der Waals surface area (Å²) in [6.45, 7) is 2.15. The summed E-state index contributed by atoms with van der Waals surface area (Å²) in [4.78, 5) is 0. The average Bonchev–Trinajstić information content (AvgIpc) is 2.70. The first kappa shape index (κ1) is 18.9. The van der Waals surface area contributed by atoms with Crippen LogP contribution in [-0.4, -0.2) is 0 Å². The zero-order chi connectivity index (χ0) is 11.0. The van der Waals surface area contributed by atoms with E-state index in [1.54, 1.807) is 0 Å². The summed E-state index contributed by atoms with van der Waals surface area (Å²) in [6, 6.07) is 21.6. The monoisotopic (exact) mass is 543 g/mol. The second-order valence-corrected chi connectivity index (χ2v) is 4.21. The van der Waals surface area contributed by atoms with Crippen molar-refractivity contribution in [1.82, 2.24) is 0 Å². The molecular weight excluding hydrogens is 530 g/mol. The maximum Gasteiger partial charge on any atom is 0 e. The van der Waals surface area contributed by atoms with Crippen molar-refractivity contribution in [1.29, 1.82) is 0 Å². The molecule has 0 aliphatic carbocycles. The van der Waals surface area contributed by atoms with Crippen molar-refractivity contribution in [2.75, 3.05) is 0 Å². The van der Waals surface area contributed by atoms with Crippen molar-refractivity contribution in [3.05, 3.63) is 66.2 Å². The van der Waals surface area contributed by atoms with Crippen LogP contribution in [0.4, 0.5) is 0 Å². The minimum atomic E-state index is 0. The van der Waals surface area contributed by atoms with E-state index in [1.807, 2.05) is 0 Å². The van der Waals surface area contributed by atoms with Crippen molar-refractivity contribution in [3.8, 4) is 11.1 Å². The molecule has 3 aromatic rings. The Balaban J connectivity index is 0.00000108. The van der Waals surface area contributed by atoms with Crippen molar-refractivity contribution < 1.29 is 59.8 Å². The van der Waals surface area contributed by atoms with Crippen molar-refractivity contribution in [2.45, 2.75) is 6.92 Å². The second kappa shape index (κ2) is 8.23. The van der Waals surface area contributed by atoms with Crippen molar-refractivity contribution >= 4 is 10.8 Å². The molecule has 0 heterocycles. The van der Waals surface area contributed by atoms with E-state index in [0.717, 1.165) is 0 Å². The first-order valence-electron chi connectivity index (χ1n) is 5.56. The fourth-order valence-electron chi connectivity index (χ4n) is 2.25. The molecule has 0 atom stereocenters. The Labute approximate surface area is 153 Å². The number of halogens is 2. The zero-order valence-electron chi connectivity index (χ0n) is 10.5. The molecule has 0 saturated heterocycles. The average molecular weight is 544 g/mol. The Morgan fingerprint density at radius 2 is 1.53 bits per heavy atom. The summed E-state index contributed by atoms with van der Waals surface area (Å²) in [6.07, 6.45) is 0. The number of hydrogen-bond acceptors (Lipinski definition) is 0. The summed E-state index contributed by atoms with van der Waals surface area (Å²) in [5.74, 6) is 0. The quantitative estimate of drug-likeness (QED) is 0.260. The van der Waals surface area contributed by atoms with Crippen LogP contribution in [-0.2, 0) is 25.8 Å². The Morgan fingerprint density at radius 3 is 2.21 bits per heavy atom. The van der Waals surface area contributed by atoms with Gasteiger partial charge in [0.2, 0.25) is 0 Å². The van der Waals surface area contributed by atoms with E-state index in [9.17, 15) is 0 Å². The van der Waals surface area contributed by atoms with Gasteiger partial charge in [-0.25, -0.2) is 0 Å². The van der Waals surface area contributed by atoms with E-state index in [2.05, 4.69) is 67.6 Å². The van der Waals surface area contributed by atoms with Crippen LogP contribution in [0.1, 0.15) is 5.56 Å². The molecule has 0 unspecified atom stereocenters. The molecule has 98 valence electrons. The minimum Gasteiger partial charge on any atom is -1.00 e. The first-order chi connectivity index (χ1) is 7.84. The van der Waals surface area contributed by atoms with Gasteiger partial charge in [-0.2, -0.15) is 6.07 Å². The van der Waals surface area contributed by atoms with E-state index in [4.69, 9.17) is 0 Å². The van der Waals surface area contributed by atoms with Gasteiger partial charge >= 0.3 is 0 Å². The Bertz CT molecular complexity index is 630. The van der Waals surface area contributed by atoms with E-state index < -0.39 is 0 Å². The molecule has 0 saturated carbocycles. The van der Waals surface area contributed by atoms with E-state index in [-0.39, 0.29) is 59.8 Å². The number of rotatable bonds is 1. The molecule has 3 aromatic carbocycles. The Kier molecular flexibility index (Phi) is 8.18. The summed E-state index contributed by atoms with van der Waals surface area (Å²) < 4.78 is 0. The van der Waals surface area contributed by atoms with Gasteiger partial charge in [0.05, 0.1) is 0 Å². The molecule has 0 radical (unpaired) electrons. The van der Waals surface area contributed by atoms with Gasteiger partial charge in [-0.05, 0) is 5.56 Å². The van der Waals surface area contributed by atoms with E-state index >= 15 is 0 Å². The first-order valence-corrected chi connectivity index (χ1v) is 5.56. The number of fused-ring (bicyclic) bond motifs is 1. The summed E-state index contributed by atoms with van der Waals surface area (Å²) in [7, 11) is 0. The predicted octanol–water partition coefficient (Wildman–Crippen LogP) is -1.46. The van der Waals surface area contributed by atoms with Gasteiger partial charge < -0.3 is 34.0 Å². The van der Waals surface area contributed by atoms with Crippen LogP contribution in [0.25, 0.3) is 21.9 Å². The van der Waals surface area contributed by atoms with Gasteiger partial charge in [0, 0.05) is 25.8 Å². The van der Waals surface area contributed by atoms with Crippen LogP contribution in [0.2, 0.25) is 0 Å². The van der Waals surface area contributed by atoms with Gasteiger partial charge in [-0.3, -0.25) is 0 Å². The van der Waals surface area contributed by atoms with Crippen molar-refractivity contribution in [2.24, 2.45) is 0 Å². The molecule has 0 bridgehead atoms. The molecule has 0 amide bonds. The normalized spacial score (nSPS) is 9.11.